The zero-order chi connectivity index (χ0) is 15.6. The summed E-state index contributed by atoms with van der Waals surface area (Å²) in [7, 11) is -3.07. The summed E-state index contributed by atoms with van der Waals surface area (Å²) < 4.78 is 38.2. The van der Waals surface area contributed by atoms with E-state index in [1.807, 2.05) is 0 Å². The molecule has 0 radical (unpaired) electrons. The molecule has 0 aromatic heterocycles. The molecule has 1 aromatic rings. The van der Waals surface area contributed by atoms with Crippen molar-refractivity contribution in [1.82, 2.24) is 5.43 Å². The van der Waals surface area contributed by atoms with Gasteiger partial charge in [0.05, 0.1) is 15.8 Å². The van der Waals surface area contributed by atoms with E-state index in [4.69, 9.17) is 5.84 Å². The Morgan fingerprint density at radius 3 is 2.76 bits per heavy atom. The van der Waals surface area contributed by atoms with Crippen LogP contribution in [0.15, 0.2) is 22.7 Å². The first-order chi connectivity index (χ1) is 9.84. The summed E-state index contributed by atoms with van der Waals surface area (Å²) in [6, 6.07) is 4.69. The van der Waals surface area contributed by atoms with Crippen LogP contribution in [0.4, 0.5) is 4.39 Å². The summed E-state index contributed by atoms with van der Waals surface area (Å²) in [6.45, 7) is 0. The third kappa shape index (κ3) is 3.83. The van der Waals surface area contributed by atoms with Crippen LogP contribution in [-0.2, 0) is 9.84 Å². The fraction of sp³-hybridized carbons (Fsp3) is 0.571. The second-order valence-corrected chi connectivity index (χ2v) is 8.85. The molecule has 0 amide bonds. The van der Waals surface area contributed by atoms with Crippen LogP contribution >= 0.6 is 15.9 Å². The summed E-state index contributed by atoms with van der Waals surface area (Å²) >= 11 is 3.17. The lowest BCUT2D eigenvalue weighted by Crippen LogP contribution is -2.38. The van der Waals surface area contributed by atoms with Crippen LogP contribution in [0.25, 0.3) is 0 Å². The van der Waals surface area contributed by atoms with Gasteiger partial charge in [-0.3, -0.25) is 11.3 Å². The minimum absolute atomic E-state index is 0.00674. The SMILES string of the molecule is CS(=O)(=O)C1CCCC(C(NN)c2cccc(Br)c2F)C1. The van der Waals surface area contributed by atoms with Crippen molar-refractivity contribution >= 4 is 25.8 Å². The van der Waals surface area contributed by atoms with Gasteiger partial charge in [-0.25, -0.2) is 12.8 Å². The van der Waals surface area contributed by atoms with Gasteiger partial charge in [0.25, 0.3) is 0 Å². The molecule has 0 bridgehead atoms. The number of halogens is 2. The number of hydrogen-bond acceptors (Lipinski definition) is 4. The highest BCUT2D eigenvalue weighted by Crippen LogP contribution is 2.38. The number of hydrazine groups is 1. The quantitative estimate of drug-likeness (QED) is 0.623. The van der Waals surface area contributed by atoms with E-state index in [1.165, 1.54) is 6.26 Å². The van der Waals surface area contributed by atoms with Gasteiger partial charge in [-0.15, -0.1) is 0 Å². The number of hydrogen-bond donors (Lipinski definition) is 2. The van der Waals surface area contributed by atoms with Gasteiger partial charge in [-0.1, -0.05) is 18.6 Å². The molecule has 3 unspecified atom stereocenters. The molecule has 3 atom stereocenters. The molecule has 1 fully saturated rings. The molecule has 4 nitrogen and oxygen atoms in total. The topological polar surface area (TPSA) is 72.2 Å². The molecular weight excluding hydrogens is 359 g/mol. The number of benzene rings is 1. The number of nitrogens with two attached hydrogens (primary N) is 1. The lowest BCUT2D eigenvalue weighted by molar-refractivity contribution is 0.269. The van der Waals surface area contributed by atoms with Crippen LogP contribution in [0.5, 0.6) is 0 Å². The highest BCUT2D eigenvalue weighted by molar-refractivity contribution is 9.10. The molecule has 1 aliphatic rings. The van der Waals surface area contributed by atoms with Gasteiger partial charge in [0.1, 0.15) is 15.7 Å². The molecule has 1 aliphatic carbocycles. The molecule has 3 N–H and O–H groups in total. The van der Waals surface area contributed by atoms with Gasteiger partial charge < -0.3 is 0 Å². The van der Waals surface area contributed by atoms with E-state index in [0.717, 1.165) is 12.8 Å². The Labute approximate surface area is 133 Å². The van der Waals surface area contributed by atoms with Crippen molar-refractivity contribution in [3.8, 4) is 0 Å². The van der Waals surface area contributed by atoms with Gasteiger partial charge in [0.2, 0.25) is 0 Å². The van der Waals surface area contributed by atoms with Gasteiger partial charge in [0, 0.05) is 11.8 Å². The van der Waals surface area contributed by atoms with E-state index in [0.29, 0.717) is 22.9 Å². The Morgan fingerprint density at radius 2 is 2.14 bits per heavy atom. The maximum Gasteiger partial charge on any atom is 0.150 e. The monoisotopic (exact) mass is 378 g/mol. The maximum absolute atomic E-state index is 14.3. The Balaban J connectivity index is 2.27. The van der Waals surface area contributed by atoms with E-state index in [2.05, 4.69) is 21.4 Å². The fourth-order valence-corrected chi connectivity index (χ4v) is 4.69. The molecule has 0 aliphatic heterocycles. The molecule has 0 heterocycles. The first kappa shape index (κ1) is 16.9. The number of nitrogens with one attached hydrogen (secondary N) is 1. The predicted octanol–water partition coefficient (Wildman–Crippen LogP) is 2.70. The third-order valence-electron chi connectivity index (χ3n) is 4.24. The molecule has 1 aromatic carbocycles. The van der Waals surface area contributed by atoms with Crippen LogP contribution in [-0.4, -0.2) is 19.9 Å². The molecule has 0 spiro atoms. The Morgan fingerprint density at radius 1 is 1.43 bits per heavy atom. The number of sulfone groups is 1. The summed E-state index contributed by atoms with van der Waals surface area (Å²) in [4.78, 5) is 0. The summed E-state index contributed by atoms with van der Waals surface area (Å²) in [5.41, 5.74) is 3.15. The highest BCUT2D eigenvalue weighted by atomic mass is 79.9. The van der Waals surface area contributed by atoms with Gasteiger partial charge >= 0.3 is 0 Å². The van der Waals surface area contributed by atoms with Crippen molar-refractivity contribution < 1.29 is 12.8 Å². The largest absolute Gasteiger partial charge is 0.271 e. The first-order valence-corrected chi connectivity index (χ1v) is 9.68. The van der Waals surface area contributed by atoms with Crippen LogP contribution in [0, 0.1) is 11.7 Å². The van der Waals surface area contributed by atoms with Crippen LogP contribution < -0.4 is 11.3 Å². The fourth-order valence-electron chi connectivity index (χ4n) is 3.11. The van der Waals surface area contributed by atoms with Crippen LogP contribution in [0.2, 0.25) is 0 Å². The number of rotatable bonds is 4. The van der Waals surface area contributed by atoms with Crippen molar-refractivity contribution in [2.24, 2.45) is 11.8 Å². The third-order valence-corrected chi connectivity index (χ3v) is 6.49. The van der Waals surface area contributed by atoms with E-state index in [-0.39, 0.29) is 23.0 Å². The Hall–Kier alpha value is -0.500. The average molecular weight is 379 g/mol. The van der Waals surface area contributed by atoms with Crippen molar-refractivity contribution in [3.63, 3.8) is 0 Å². The molecule has 2 rings (SSSR count). The van der Waals surface area contributed by atoms with E-state index >= 15 is 0 Å². The van der Waals surface area contributed by atoms with Gasteiger partial charge in [0.15, 0.2) is 0 Å². The molecular formula is C14H20BrFN2O2S. The van der Waals surface area contributed by atoms with Gasteiger partial charge in [-0.2, -0.15) is 0 Å². The Kier molecular flexibility index (Phi) is 5.40. The summed E-state index contributed by atoms with van der Waals surface area (Å²) in [5.74, 6) is 5.29. The van der Waals surface area contributed by atoms with Crippen LogP contribution in [0.3, 0.4) is 0 Å². The smallest absolute Gasteiger partial charge is 0.150 e. The van der Waals surface area contributed by atoms with Crippen molar-refractivity contribution in [1.29, 1.82) is 0 Å². The highest BCUT2D eigenvalue weighted by Gasteiger charge is 2.34. The lowest BCUT2D eigenvalue weighted by Gasteiger charge is -2.34. The summed E-state index contributed by atoms with van der Waals surface area (Å²) in [6.07, 6.45) is 4.11. The van der Waals surface area contributed by atoms with Crippen molar-refractivity contribution in [2.45, 2.75) is 37.0 Å². The minimum Gasteiger partial charge on any atom is -0.271 e. The molecule has 0 saturated heterocycles. The molecule has 1 saturated carbocycles. The molecule has 21 heavy (non-hydrogen) atoms. The second kappa shape index (κ2) is 6.73. The second-order valence-electron chi connectivity index (χ2n) is 5.67. The minimum atomic E-state index is -3.07. The first-order valence-electron chi connectivity index (χ1n) is 6.93. The summed E-state index contributed by atoms with van der Waals surface area (Å²) in [5, 5.41) is -0.359. The van der Waals surface area contributed by atoms with Crippen LogP contribution in [0.1, 0.15) is 37.3 Å². The standard InChI is InChI=1S/C14H20BrFN2O2S/c1-21(19,20)10-5-2-4-9(8-10)14(18-17)11-6-3-7-12(15)13(11)16/h3,6-7,9-10,14,18H,2,4-5,8,17H2,1H3. The van der Waals surface area contributed by atoms with E-state index < -0.39 is 9.84 Å². The zero-order valence-corrected chi connectivity index (χ0v) is 14.3. The molecule has 7 heteroatoms. The van der Waals surface area contributed by atoms with E-state index in [1.54, 1.807) is 18.2 Å². The maximum atomic E-state index is 14.3. The normalized spacial score (nSPS) is 24.8. The van der Waals surface area contributed by atoms with E-state index in [9.17, 15) is 12.8 Å². The zero-order valence-electron chi connectivity index (χ0n) is 11.9. The lowest BCUT2D eigenvalue weighted by atomic mass is 9.81. The Bertz CT molecular complexity index is 609. The molecule has 118 valence electrons. The van der Waals surface area contributed by atoms with Crippen molar-refractivity contribution in [3.05, 3.63) is 34.1 Å². The van der Waals surface area contributed by atoms with Gasteiger partial charge in [-0.05, 0) is 47.2 Å². The predicted molar refractivity (Wildman–Crippen MR) is 84.8 cm³/mol. The average Bonchev–Trinajstić information content (AvgIpc) is 2.44. The van der Waals surface area contributed by atoms with Crippen molar-refractivity contribution in [2.75, 3.05) is 6.26 Å².